The van der Waals surface area contributed by atoms with Crippen molar-refractivity contribution in [3.05, 3.63) is 0 Å². The number of aliphatic imine (C=N–C) groups is 1. The molecular formula is C13H28N4. The van der Waals surface area contributed by atoms with Gasteiger partial charge >= 0.3 is 0 Å². The third kappa shape index (κ3) is 5.39. The minimum atomic E-state index is 0.562. The largest absolute Gasteiger partial charge is 0.356 e. The lowest BCUT2D eigenvalue weighted by atomic mass is 10.3. The first-order valence-corrected chi connectivity index (χ1v) is 6.85. The van der Waals surface area contributed by atoms with Crippen LogP contribution >= 0.6 is 0 Å². The molecule has 0 aromatic heterocycles. The summed E-state index contributed by atoms with van der Waals surface area (Å²) in [6.07, 6.45) is 5.14. The molecule has 0 aromatic rings. The summed E-state index contributed by atoms with van der Waals surface area (Å²) >= 11 is 0. The molecule has 0 aromatic carbocycles. The Labute approximate surface area is 106 Å². The van der Waals surface area contributed by atoms with E-state index in [-0.39, 0.29) is 0 Å². The molecule has 0 saturated heterocycles. The van der Waals surface area contributed by atoms with Crippen LogP contribution in [-0.2, 0) is 0 Å². The fourth-order valence-corrected chi connectivity index (χ4v) is 1.83. The van der Waals surface area contributed by atoms with Crippen molar-refractivity contribution in [2.75, 3.05) is 27.2 Å². The molecule has 2 N–H and O–H groups in total. The maximum absolute atomic E-state index is 4.23. The Balaban J connectivity index is 2.17. The molecule has 0 aliphatic heterocycles. The molecule has 0 amide bonds. The van der Waals surface area contributed by atoms with Gasteiger partial charge in [0.25, 0.3) is 0 Å². The molecule has 0 bridgehead atoms. The topological polar surface area (TPSA) is 39.7 Å². The van der Waals surface area contributed by atoms with Gasteiger partial charge in [0.15, 0.2) is 5.96 Å². The van der Waals surface area contributed by atoms with Crippen LogP contribution < -0.4 is 10.6 Å². The first-order valence-electron chi connectivity index (χ1n) is 6.85. The molecule has 100 valence electrons. The van der Waals surface area contributed by atoms with Crippen LogP contribution in [0.2, 0.25) is 0 Å². The molecule has 1 aliphatic rings. The Morgan fingerprint density at radius 3 is 2.65 bits per heavy atom. The van der Waals surface area contributed by atoms with Gasteiger partial charge in [-0.05, 0) is 33.2 Å². The Bertz CT molecular complexity index is 236. The molecule has 4 nitrogen and oxygen atoms in total. The number of unbranched alkanes of at least 4 members (excludes halogenated alkanes) is 1. The molecule has 17 heavy (non-hydrogen) atoms. The predicted molar refractivity (Wildman–Crippen MR) is 74.5 cm³/mol. The van der Waals surface area contributed by atoms with Gasteiger partial charge in [0, 0.05) is 32.2 Å². The zero-order valence-corrected chi connectivity index (χ0v) is 11.8. The second-order valence-electron chi connectivity index (χ2n) is 4.98. The van der Waals surface area contributed by atoms with Gasteiger partial charge in [-0.2, -0.15) is 0 Å². The van der Waals surface area contributed by atoms with Crippen molar-refractivity contribution in [2.24, 2.45) is 4.99 Å². The van der Waals surface area contributed by atoms with Gasteiger partial charge in [0.2, 0.25) is 0 Å². The zero-order chi connectivity index (χ0) is 12.7. The molecule has 1 fully saturated rings. The van der Waals surface area contributed by atoms with E-state index in [0.717, 1.165) is 25.1 Å². The van der Waals surface area contributed by atoms with Crippen LogP contribution in [0.15, 0.2) is 4.99 Å². The van der Waals surface area contributed by atoms with Crippen LogP contribution in [-0.4, -0.2) is 50.1 Å². The minimum absolute atomic E-state index is 0.562. The van der Waals surface area contributed by atoms with E-state index in [9.17, 15) is 0 Å². The number of nitrogens with one attached hydrogen (secondary N) is 2. The molecule has 0 radical (unpaired) electrons. The van der Waals surface area contributed by atoms with Crippen LogP contribution in [0.3, 0.4) is 0 Å². The summed E-state index contributed by atoms with van der Waals surface area (Å²) in [6, 6.07) is 1.38. The fourth-order valence-electron chi connectivity index (χ4n) is 1.83. The summed E-state index contributed by atoms with van der Waals surface area (Å²) in [7, 11) is 4.05. The monoisotopic (exact) mass is 240 g/mol. The van der Waals surface area contributed by atoms with E-state index in [2.05, 4.69) is 41.4 Å². The number of likely N-dealkylation sites (N-methyl/N-ethyl adjacent to an activating group) is 1. The van der Waals surface area contributed by atoms with E-state index in [0.29, 0.717) is 6.04 Å². The molecule has 0 spiro atoms. The van der Waals surface area contributed by atoms with Gasteiger partial charge in [0.05, 0.1) is 0 Å². The Kier molecular flexibility index (Phi) is 6.34. The average Bonchev–Trinajstić information content (AvgIpc) is 3.16. The Morgan fingerprint density at radius 2 is 2.12 bits per heavy atom. The minimum Gasteiger partial charge on any atom is -0.356 e. The molecular weight excluding hydrogens is 212 g/mol. The number of hydrogen-bond donors (Lipinski definition) is 2. The van der Waals surface area contributed by atoms with Gasteiger partial charge in [-0.3, -0.25) is 9.89 Å². The molecule has 1 aliphatic carbocycles. The van der Waals surface area contributed by atoms with Gasteiger partial charge in [-0.25, -0.2) is 0 Å². The van der Waals surface area contributed by atoms with Crippen molar-refractivity contribution < 1.29 is 0 Å². The highest BCUT2D eigenvalue weighted by Gasteiger charge is 2.28. The Morgan fingerprint density at radius 1 is 1.41 bits per heavy atom. The summed E-state index contributed by atoms with van der Waals surface area (Å²) in [4.78, 5) is 6.69. The van der Waals surface area contributed by atoms with Gasteiger partial charge in [0.1, 0.15) is 0 Å². The fraction of sp³-hybridized carbons (Fsp3) is 0.923. The van der Waals surface area contributed by atoms with Crippen molar-refractivity contribution in [1.82, 2.24) is 15.5 Å². The highest BCUT2D eigenvalue weighted by Crippen LogP contribution is 2.26. The molecule has 1 rings (SSSR count). The quantitative estimate of drug-likeness (QED) is 0.402. The van der Waals surface area contributed by atoms with Gasteiger partial charge in [-0.1, -0.05) is 13.3 Å². The summed E-state index contributed by atoms with van der Waals surface area (Å²) in [6.45, 7) is 6.43. The third-order valence-corrected chi connectivity index (χ3v) is 3.43. The first kappa shape index (κ1) is 14.3. The lowest BCUT2D eigenvalue weighted by molar-refractivity contribution is 0.247. The van der Waals surface area contributed by atoms with Crippen molar-refractivity contribution in [3.8, 4) is 0 Å². The van der Waals surface area contributed by atoms with Crippen LogP contribution in [0.1, 0.15) is 39.5 Å². The van der Waals surface area contributed by atoms with Crippen LogP contribution in [0.4, 0.5) is 0 Å². The second kappa shape index (κ2) is 7.54. The summed E-state index contributed by atoms with van der Waals surface area (Å²) in [5.74, 6) is 0.925. The van der Waals surface area contributed by atoms with Gasteiger partial charge < -0.3 is 10.6 Å². The molecule has 1 atom stereocenters. The molecule has 4 heteroatoms. The van der Waals surface area contributed by atoms with E-state index in [1.54, 1.807) is 0 Å². The first-order chi connectivity index (χ1) is 8.19. The third-order valence-electron chi connectivity index (χ3n) is 3.43. The SMILES string of the molecule is CCCCNC(=NC)NCC(C)N(C)C1CC1. The summed E-state index contributed by atoms with van der Waals surface area (Å²) < 4.78 is 0. The highest BCUT2D eigenvalue weighted by molar-refractivity contribution is 5.79. The highest BCUT2D eigenvalue weighted by atomic mass is 15.2. The van der Waals surface area contributed by atoms with Crippen LogP contribution in [0.25, 0.3) is 0 Å². The van der Waals surface area contributed by atoms with Gasteiger partial charge in [-0.15, -0.1) is 0 Å². The average molecular weight is 240 g/mol. The number of hydrogen-bond acceptors (Lipinski definition) is 2. The number of nitrogens with zero attached hydrogens (tertiary/aromatic N) is 2. The normalized spacial score (nSPS) is 18.3. The van der Waals surface area contributed by atoms with E-state index < -0.39 is 0 Å². The molecule has 1 unspecified atom stereocenters. The number of guanidine groups is 1. The summed E-state index contributed by atoms with van der Waals surface area (Å²) in [5.41, 5.74) is 0. The van der Waals surface area contributed by atoms with E-state index in [1.807, 2.05) is 7.05 Å². The van der Waals surface area contributed by atoms with Crippen LogP contribution in [0, 0.1) is 0 Å². The standard InChI is InChI=1S/C13H28N4/c1-5-6-9-15-13(14-3)16-10-11(2)17(4)12-7-8-12/h11-12H,5-10H2,1-4H3,(H2,14,15,16). The molecule has 1 saturated carbocycles. The van der Waals surface area contributed by atoms with E-state index in [4.69, 9.17) is 0 Å². The second-order valence-corrected chi connectivity index (χ2v) is 4.98. The van der Waals surface area contributed by atoms with Crippen molar-refractivity contribution in [2.45, 2.75) is 51.6 Å². The summed E-state index contributed by atoms with van der Waals surface area (Å²) in [5, 5.41) is 6.72. The lowest BCUT2D eigenvalue weighted by Crippen LogP contribution is -2.45. The Hall–Kier alpha value is -0.770. The smallest absolute Gasteiger partial charge is 0.191 e. The maximum Gasteiger partial charge on any atom is 0.191 e. The number of rotatable bonds is 7. The molecule has 0 heterocycles. The zero-order valence-electron chi connectivity index (χ0n) is 11.8. The van der Waals surface area contributed by atoms with E-state index >= 15 is 0 Å². The maximum atomic E-state index is 4.23. The van der Waals surface area contributed by atoms with Crippen molar-refractivity contribution in [1.29, 1.82) is 0 Å². The predicted octanol–water partition coefficient (Wildman–Crippen LogP) is 1.43. The van der Waals surface area contributed by atoms with Crippen molar-refractivity contribution in [3.63, 3.8) is 0 Å². The van der Waals surface area contributed by atoms with E-state index in [1.165, 1.54) is 25.7 Å². The van der Waals surface area contributed by atoms with Crippen LogP contribution in [0.5, 0.6) is 0 Å². The van der Waals surface area contributed by atoms with Crippen molar-refractivity contribution >= 4 is 5.96 Å². The lowest BCUT2D eigenvalue weighted by Gasteiger charge is -2.25.